The van der Waals surface area contributed by atoms with Crippen LogP contribution in [0.15, 0.2) is 23.1 Å². The van der Waals surface area contributed by atoms with Crippen molar-refractivity contribution in [3.8, 4) is 0 Å². The molecule has 1 aromatic carbocycles. The van der Waals surface area contributed by atoms with E-state index in [-0.39, 0.29) is 16.4 Å². The van der Waals surface area contributed by atoms with Crippen molar-refractivity contribution in [2.24, 2.45) is 5.92 Å². The summed E-state index contributed by atoms with van der Waals surface area (Å²) in [6, 6.07) is 3.17. The molecule has 1 rings (SSSR count). The normalized spacial score (nSPS) is 13.0. The molecule has 116 valence electrons. The van der Waals surface area contributed by atoms with Gasteiger partial charge in [-0.15, -0.1) is 0 Å². The number of aliphatic carboxylic acids is 1. The summed E-state index contributed by atoms with van der Waals surface area (Å²) in [4.78, 5) is 23.3. The lowest BCUT2D eigenvalue weighted by molar-refractivity contribution is -0.140. The molecule has 7 heteroatoms. The fraction of sp³-hybridized carbons (Fsp3) is 0.429. The minimum absolute atomic E-state index is 0.0228. The Kier molecular flexibility index (Phi) is 5.11. The highest BCUT2D eigenvalue weighted by atomic mass is 32.2. The third-order valence-electron chi connectivity index (χ3n) is 3.10. The molecule has 0 aromatic heterocycles. The van der Waals surface area contributed by atoms with Gasteiger partial charge in [0.05, 0.1) is 4.90 Å². The number of carboxylic acids is 1. The zero-order chi connectivity index (χ0) is 16.4. The van der Waals surface area contributed by atoms with E-state index in [1.807, 2.05) is 0 Å². The van der Waals surface area contributed by atoms with Gasteiger partial charge in [-0.05, 0) is 30.5 Å². The van der Waals surface area contributed by atoms with Crippen LogP contribution >= 0.6 is 0 Å². The van der Waals surface area contributed by atoms with Crippen molar-refractivity contribution in [2.75, 3.05) is 6.26 Å². The van der Waals surface area contributed by atoms with Crippen LogP contribution in [-0.2, 0) is 14.6 Å². The first-order valence-corrected chi connectivity index (χ1v) is 8.27. The molecule has 0 saturated carbocycles. The van der Waals surface area contributed by atoms with Gasteiger partial charge < -0.3 is 10.4 Å². The van der Waals surface area contributed by atoms with Gasteiger partial charge in [-0.3, -0.25) is 4.79 Å². The molecule has 0 aliphatic heterocycles. The van der Waals surface area contributed by atoms with Crippen molar-refractivity contribution in [3.05, 3.63) is 29.3 Å². The molecule has 0 heterocycles. The Bertz CT molecular complexity index is 664. The number of sulfone groups is 1. The van der Waals surface area contributed by atoms with E-state index in [0.29, 0.717) is 5.56 Å². The molecule has 0 radical (unpaired) electrons. The molecule has 0 unspecified atom stereocenters. The van der Waals surface area contributed by atoms with Gasteiger partial charge in [0, 0.05) is 11.8 Å². The van der Waals surface area contributed by atoms with Crippen molar-refractivity contribution < 1.29 is 23.1 Å². The average Bonchev–Trinajstić information content (AvgIpc) is 2.33. The van der Waals surface area contributed by atoms with Crippen molar-refractivity contribution in [1.29, 1.82) is 0 Å². The van der Waals surface area contributed by atoms with E-state index < -0.39 is 27.8 Å². The maximum atomic E-state index is 12.2. The van der Waals surface area contributed by atoms with E-state index in [9.17, 15) is 18.0 Å². The van der Waals surface area contributed by atoms with Crippen LogP contribution in [0.25, 0.3) is 0 Å². The molecule has 2 N–H and O–H groups in total. The molecule has 0 aliphatic carbocycles. The zero-order valence-corrected chi connectivity index (χ0v) is 13.2. The third-order valence-corrected chi connectivity index (χ3v) is 4.21. The van der Waals surface area contributed by atoms with E-state index in [0.717, 1.165) is 6.26 Å². The molecule has 1 aromatic rings. The number of hydrogen-bond acceptors (Lipinski definition) is 4. The summed E-state index contributed by atoms with van der Waals surface area (Å²) in [6.07, 6.45) is 1.05. The van der Waals surface area contributed by atoms with Crippen LogP contribution in [0.1, 0.15) is 29.8 Å². The second kappa shape index (κ2) is 6.26. The molecule has 0 aliphatic rings. The Hall–Kier alpha value is -1.89. The van der Waals surface area contributed by atoms with Gasteiger partial charge in [0.1, 0.15) is 6.04 Å². The first-order valence-electron chi connectivity index (χ1n) is 6.38. The summed E-state index contributed by atoms with van der Waals surface area (Å²) in [7, 11) is -3.43. The third kappa shape index (κ3) is 4.29. The van der Waals surface area contributed by atoms with Gasteiger partial charge in [0.25, 0.3) is 5.91 Å². The summed E-state index contributed by atoms with van der Waals surface area (Å²) in [5.74, 6) is -2.01. The molecule has 0 spiro atoms. The Morgan fingerprint density at radius 1 is 1.24 bits per heavy atom. The predicted octanol–water partition coefficient (Wildman–Crippen LogP) is 1.24. The number of carbonyl (C=O) groups is 2. The van der Waals surface area contributed by atoms with Crippen molar-refractivity contribution in [1.82, 2.24) is 5.32 Å². The molecule has 21 heavy (non-hydrogen) atoms. The van der Waals surface area contributed by atoms with Crippen LogP contribution in [0.3, 0.4) is 0 Å². The average molecular weight is 313 g/mol. The predicted molar refractivity (Wildman–Crippen MR) is 78.0 cm³/mol. The lowest BCUT2D eigenvalue weighted by atomic mass is 10.0. The fourth-order valence-electron chi connectivity index (χ4n) is 1.81. The topological polar surface area (TPSA) is 101 Å². The highest BCUT2D eigenvalue weighted by molar-refractivity contribution is 7.90. The second-order valence-corrected chi connectivity index (χ2v) is 7.30. The minimum atomic E-state index is -3.43. The number of amides is 1. The molecular formula is C14H19NO5S. The number of nitrogens with one attached hydrogen (secondary N) is 1. The summed E-state index contributed by atoms with van der Waals surface area (Å²) >= 11 is 0. The molecule has 1 amide bonds. The Balaban J connectivity index is 3.16. The number of rotatable bonds is 5. The molecule has 0 fully saturated rings. The van der Waals surface area contributed by atoms with Crippen LogP contribution < -0.4 is 5.32 Å². The summed E-state index contributed by atoms with van der Waals surface area (Å²) < 4.78 is 23.1. The van der Waals surface area contributed by atoms with Gasteiger partial charge in [-0.25, -0.2) is 13.2 Å². The van der Waals surface area contributed by atoms with Crippen LogP contribution in [0, 0.1) is 12.8 Å². The molecule has 1 atom stereocenters. The number of benzene rings is 1. The van der Waals surface area contributed by atoms with E-state index in [1.165, 1.54) is 18.2 Å². The summed E-state index contributed by atoms with van der Waals surface area (Å²) in [5.41, 5.74) is 0.734. The maximum absolute atomic E-state index is 12.2. The minimum Gasteiger partial charge on any atom is -0.480 e. The molecule has 0 bridgehead atoms. The quantitative estimate of drug-likeness (QED) is 0.851. The van der Waals surface area contributed by atoms with Crippen LogP contribution in [0.2, 0.25) is 0 Å². The van der Waals surface area contributed by atoms with Gasteiger partial charge >= 0.3 is 5.97 Å². The number of hydrogen-bond donors (Lipinski definition) is 2. The fourth-order valence-corrected chi connectivity index (χ4v) is 2.46. The molecular weight excluding hydrogens is 294 g/mol. The van der Waals surface area contributed by atoms with Crippen molar-refractivity contribution >= 4 is 21.7 Å². The van der Waals surface area contributed by atoms with Gasteiger partial charge in [-0.2, -0.15) is 0 Å². The lowest BCUT2D eigenvalue weighted by Gasteiger charge is -2.18. The molecule has 6 nitrogen and oxygen atoms in total. The maximum Gasteiger partial charge on any atom is 0.326 e. The first-order chi connectivity index (χ1) is 9.54. The number of carboxylic acid groups (broad SMARTS) is 1. The number of carbonyl (C=O) groups excluding carboxylic acids is 1. The van der Waals surface area contributed by atoms with Gasteiger partial charge in [0.2, 0.25) is 0 Å². The van der Waals surface area contributed by atoms with Gasteiger partial charge in [-0.1, -0.05) is 19.9 Å². The van der Waals surface area contributed by atoms with Gasteiger partial charge in [0.15, 0.2) is 9.84 Å². The van der Waals surface area contributed by atoms with E-state index in [1.54, 1.807) is 20.8 Å². The van der Waals surface area contributed by atoms with Crippen LogP contribution in [0.5, 0.6) is 0 Å². The standard InChI is InChI=1S/C14H19NO5S/c1-8(2)12(14(17)18)15-13(16)11-7-10(21(4,19)20)6-5-9(11)3/h5-8,12H,1-4H3,(H,15,16)(H,17,18)/t12-/m0/s1. The van der Waals surface area contributed by atoms with E-state index in [4.69, 9.17) is 5.11 Å². The molecule has 0 saturated heterocycles. The van der Waals surface area contributed by atoms with Crippen LogP contribution in [0.4, 0.5) is 0 Å². The Morgan fingerprint density at radius 2 is 1.81 bits per heavy atom. The Labute approximate surface area is 124 Å². The second-order valence-electron chi connectivity index (χ2n) is 5.28. The smallest absolute Gasteiger partial charge is 0.326 e. The van der Waals surface area contributed by atoms with E-state index >= 15 is 0 Å². The summed E-state index contributed by atoms with van der Waals surface area (Å²) in [6.45, 7) is 5.02. The van der Waals surface area contributed by atoms with E-state index in [2.05, 4.69) is 5.32 Å². The lowest BCUT2D eigenvalue weighted by Crippen LogP contribution is -2.44. The highest BCUT2D eigenvalue weighted by Gasteiger charge is 2.25. The van der Waals surface area contributed by atoms with Crippen LogP contribution in [-0.4, -0.2) is 37.7 Å². The highest BCUT2D eigenvalue weighted by Crippen LogP contribution is 2.16. The summed E-state index contributed by atoms with van der Waals surface area (Å²) in [5, 5.41) is 11.5. The SMILES string of the molecule is Cc1ccc(S(C)(=O)=O)cc1C(=O)N[C@H](C(=O)O)C(C)C. The zero-order valence-electron chi connectivity index (χ0n) is 12.4. The largest absolute Gasteiger partial charge is 0.480 e. The number of aryl methyl sites for hydroxylation is 1. The van der Waals surface area contributed by atoms with Crippen molar-refractivity contribution in [3.63, 3.8) is 0 Å². The first kappa shape index (κ1) is 17.2. The monoisotopic (exact) mass is 313 g/mol. The van der Waals surface area contributed by atoms with Crippen molar-refractivity contribution in [2.45, 2.75) is 31.7 Å². The Morgan fingerprint density at radius 3 is 2.24 bits per heavy atom.